The largest absolute Gasteiger partial charge is 0.465 e. The van der Waals surface area contributed by atoms with Crippen LogP contribution in [0.15, 0.2) is 0 Å². The van der Waals surface area contributed by atoms with Crippen molar-refractivity contribution in [2.45, 2.75) is 297 Å². The molecule has 1 aliphatic carbocycles. The molecule has 0 heterocycles. The first-order valence-corrected chi connectivity index (χ1v) is 29.4. The number of carbonyl (C=O) groups is 2. The standard InChI is InChI=1S/C58H114N2O5/c1-5-9-13-17-19-21-23-25-27-32-40-54(38-30-15-11-7-3)52-64-57(62)44-34-29-35-46-59(48-49-60(50-51-61)56-42-36-43-56)47-37-45-58(63)65-53-55(39-31-16-12-8-4)41-33-28-26-24-22-20-18-14-10-6-2/h54-56,61H,5-53H2,1-4H3. The maximum absolute atomic E-state index is 13.1. The first-order valence-electron chi connectivity index (χ1n) is 29.4. The van der Waals surface area contributed by atoms with Crippen LogP contribution in [-0.4, -0.2) is 85.4 Å². The maximum Gasteiger partial charge on any atom is 0.305 e. The molecule has 0 aliphatic heterocycles. The molecular weight excluding hydrogens is 805 g/mol. The Morgan fingerprint density at radius 1 is 0.431 bits per heavy atom. The minimum atomic E-state index is -0.0341. The summed E-state index contributed by atoms with van der Waals surface area (Å²) in [5.41, 5.74) is 0. The molecule has 65 heavy (non-hydrogen) atoms. The summed E-state index contributed by atoms with van der Waals surface area (Å²) >= 11 is 0. The van der Waals surface area contributed by atoms with Crippen molar-refractivity contribution in [3.05, 3.63) is 0 Å². The quantitative estimate of drug-likeness (QED) is 0.0481. The lowest BCUT2D eigenvalue weighted by molar-refractivity contribution is -0.146. The number of esters is 2. The fourth-order valence-electron chi connectivity index (χ4n) is 9.94. The van der Waals surface area contributed by atoms with Crippen LogP contribution in [0.25, 0.3) is 0 Å². The maximum atomic E-state index is 13.1. The van der Waals surface area contributed by atoms with Crippen LogP contribution in [0, 0.1) is 11.8 Å². The summed E-state index contributed by atoms with van der Waals surface area (Å²) in [6.45, 7) is 15.0. The fourth-order valence-corrected chi connectivity index (χ4v) is 9.94. The summed E-state index contributed by atoms with van der Waals surface area (Å²) < 4.78 is 11.9. The molecule has 0 aromatic rings. The third kappa shape index (κ3) is 39.4. The topological polar surface area (TPSA) is 79.3 Å². The van der Waals surface area contributed by atoms with Gasteiger partial charge in [-0.05, 0) is 82.7 Å². The number of hydrogen-bond acceptors (Lipinski definition) is 7. The monoisotopic (exact) mass is 919 g/mol. The van der Waals surface area contributed by atoms with Gasteiger partial charge in [-0.3, -0.25) is 14.5 Å². The third-order valence-electron chi connectivity index (χ3n) is 14.7. The zero-order valence-corrected chi connectivity index (χ0v) is 44.4. The molecule has 1 N–H and O–H groups in total. The van der Waals surface area contributed by atoms with E-state index in [-0.39, 0.29) is 18.5 Å². The molecule has 0 radical (unpaired) electrons. The Hall–Kier alpha value is -1.18. The van der Waals surface area contributed by atoms with E-state index in [0.29, 0.717) is 43.9 Å². The van der Waals surface area contributed by atoms with Gasteiger partial charge in [0.15, 0.2) is 0 Å². The predicted molar refractivity (Wildman–Crippen MR) is 280 cm³/mol. The van der Waals surface area contributed by atoms with Crippen molar-refractivity contribution in [3.8, 4) is 0 Å². The molecular formula is C58H114N2O5. The van der Waals surface area contributed by atoms with E-state index in [1.54, 1.807) is 0 Å². The van der Waals surface area contributed by atoms with Crippen molar-refractivity contribution in [1.29, 1.82) is 0 Å². The number of ether oxygens (including phenoxy) is 2. The van der Waals surface area contributed by atoms with Gasteiger partial charge in [0.1, 0.15) is 0 Å². The summed E-state index contributed by atoms with van der Waals surface area (Å²) in [6.07, 6.45) is 50.6. The highest BCUT2D eigenvalue weighted by Gasteiger charge is 2.25. The van der Waals surface area contributed by atoms with E-state index in [9.17, 15) is 14.7 Å². The normalized spacial score (nSPS) is 14.0. The van der Waals surface area contributed by atoms with Crippen LogP contribution < -0.4 is 0 Å². The van der Waals surface area contributed by atoms with E-state index >= 15 is 0 Å². The number of hydrogen-bond donors (Lipinski definition) is 1. The number of unbranched alkanes of at least 4 members (excludes halogenated alkanes) is 26. The first kappa shape index (κ1) is 61.8. The minimum Gasteiger partial charge on any atom is -0.465 e. The Bertz CT molecular complexity index is 1010. The Kier molecular flexibility index (Phi) is 45.5. The molecule has 0 spiro atoms. The minimum absolute atomic E-state index is 0.0196. The summed E-state index contributed by atoms with van der Waals surface area (Å²) in [4.78, 5) is 31.0. The van der Waals surface area contributed by atoms with Crippen molar-refractivity contribution in [2.24, 2.45) is 11.8 Å². The van der Waals surface area contributed by atoms with Gasteiger partial charge in [0, 0.05) is 38.5 Å². The van der Waals surface area contributed by atoms with E-state index in [1.165, 1.54) is 225 Å². The van der Waals surface area contributed by atoms with E-state index in [1.807, 2.05) is 0 Å². The lowest BCUT2D eigenvalue weighted by atomic mass is 9.91. The number of rotatable bonds is 52. The zero-order valence-electron chi connectivity index (χ0n) is 44.4. The second-order valence-electron chi connectivity index (χ2n) is 20.8. The van der Waals surface area contributed by atoms with Crippen LogP contribution in [0.2, 0.25) is 0 Å². The molecule has 1 aliphatic rings. The number of aliphatic hydroxyl groups excluding tert-OH is 1. The van der Waals surface area contributed by atoms with E-state index in [4.69, 9.17) is 9.47 Å². The summed E-state index contributed by atoms with van der Waals surface area (Å²) in [6, 6.07) is 0.603. The Morgan fingerprint density at radius 3 is 1.17 bits per heavy atom. The highest BCUT2D eigenvalue weighted by Crippen LogP contribution is 2.25. The zero-order chi connectivity index (χ0) is 47.1. The molecule has 0 saturated heterocycles. The van der Waals surface area contributed by atoms with Crippen molar-refractivity contribution >= 4 is 11.9 Å². The molecule has 2 unspecified atom stereocenters. The first-order chi connectivity index (χ1) is 32.0. The van der Waals surface area contributed by atoms with Gasteiger partial charge < -0.3 is 19.5 Å². The van der Waals surface area contributed by atoms with Crippen molar-refractivity contribution in [2.75, 3.05) is 52.5 Å². The van der Waals surface area contributed by atoms with Gasteiger partial charge in [0.05, 0.1) is 19.8 Å². The van der Waals surface area contributed by atoms with Crippen LogP contribution in [0.3, 0.4) is 0 Å². The third-order valence-corrected chi connectivity index (χ3v) is 14.7. The van der Waals surface area contributed by atoms with Crippen LogP contribution in [0.4, 0.5) is 0 Å². The highest BCUT2D eigenvalue weighted by atomic mass is 16.5. The number of aliphatic hydroxyl groups is 1. The Labute approximate surface area is 405 Å². The van der Waals surface area contributed by atoms with Gasteiger partial charge in [-0.2, -0.15) is 0 Å². The van der Waals surface area contributed by atoms with E-state index < -0.39 is 0 Å². The Balaban J connectivity index is 2.51. The van der Waals surface area contributed by atoms with Gasteiger partial charge in [-0.25, -0.2) is 0 Å². The molecule has 0 bridgehead atoms. The van der Waals surface area contributed by atoms with Gasteiger partial charge in [0.25, 0.3) is 0 Å². The molecule has 1 saturated carbocycles. The molecule has 386 valence electrons. The summed E-state index contributed by atoms with van der Waals surface area (Å²) in [5.74, 6) is 0.948. The van der Waals surface area contributed by atoms with Crippen LogP contribution >= 0.6 is 0 Å². The van der Waals surface area contributed by atoms with Crippen molar-refractivity contribution in [1.82, 2.24) is 9.80 Å². The van der Waals surface area contributed by atoms with Crippen LogP contribution in [0.1, 0.15) is 291 Å². The average Bonchev–Trinajstić information content (AvgIpc) is 3.28. The summed E-state index contributed by atoms with van der Waals surface area (Å²) in [7, 11) is 0. The smallest absolute Gasteiger partial charge is 0.305 e. The molecule has 7 heteroatoms. The lowest BCUT2D eigenvalue weighted by Crippen LogP contribution is -2.45. The van der Waals surface area contributed by atoms with E-state index in [0.717, 1.165) is 58.4 Å². The molecule has 1 fully saturated rings. The molecule has 2 atom stereocenters. The second kappa shape index (κ2) is 47.9. The van der Waals surface area contributed by atoms with Crippen molar-refractivity contribution < 1.29 is 24.2 Å². The lowest BCUT2D eigenvalue weighted by Gasteiger charge is -2.38. The number of nitrogens with zero attached hydrogens (tertiary/aromatic N) is 2. The Morgan fingerprint density at radius 2 is 0.785 bits per heavy atom. The summed E-state index contributed by atoms with van der Waals surface area (Å²) in [5, 5.41) is 9.78. The SMILES string of the molecule is CCCCCCCCCCCCC(CCCCCC)COC(=O)CCCCCN(CCCC(=O)OCC(CCCCCC)CCCCCCCCCCCC)CCN(CCO)C1CCC1. The van der Waals surface area contributed by atoms with Crippen LogP contribution in [0.5, 0.6) is 0 Å². The highest BCUT2D eigenvalue weighted by molar-refractivity contribution is 5.69. The molecule has 0 aromatic carbocycles. The van der Waals surface area contributed by atoms with Gasteiger partial charge in [0.2, 0.25) is 0 Å². The number of carbonyl (C=O) groups excluding carboxylic acids is 2. The van der Waals surface area contributed by atoms with Gasteiger partial charge in [-0.15, -0.1) is 0 Å². The fraction of sp³-hybridized carbons (Fsp3) is 0.966. The average molecular weight is 920 g/mol. The van der Waals surface area contributed by atoms with Gasteiger partial charge in [-0.1, -0.05) is 220 Å². The molecule has 0 aromatic heterocycles. The molecule has 1 rings (SSSR count). The second-order valence-corrected chi connectivity index (χ2v) is 20.8. The van der Waals surface area contributed by atoms with Crippen LogP contribution in [-0.2, 0) is 19.1 Å². The predicted octanol–water partition coefficient (Wildman–Crippen LogP) is 16.4. The van der Waals surface area contributed by atoms with Gasteiger partial charge >= 0.3 is 11.9 Å². The van der Waals surface area contributed by atoms with Crippen molar-refractivity contribution in [3.63, 3.8) is 0 Å². The molecule has 7 nitrogen and oxygen atoms in total. The molecule has 0 amide bonds. The van der Waals surface area contributed by atoms with E-state index in [2.05, 4.69) is 37.5 Å².